The number of quaternary nitrogens is 1. The number of hydrogen-bond donors (Lipinski definition) is 0. The Balaban J connectivity index is 2.23. The molecule has 0 aliphatic carbocycles. The van der Waals surface area contributed by atoms with Gasteiger partial charge >= 0.3 is 5.97 Å². The van der Waals surface area contributed by atoms with Gasteiger partial charge in [0.15, 0.2) is 0 Å². The minimum atomic E-state index is -0.511. The van der Waals surface area contributed by atoms with Crippen LogP contribution in [0.3, 0.4) is 0 Å². The molecule has 0 heterocycles. The molecule has 1 rings (SSSR count). The predicted octanol–water partition coefficient (Wildman–Crippen LogP) is 2.70. The van der Waals surface area contributed by atoms with E-state index in [1.165, 1.54) is 5.56 Å². The summed E-state index contributed by atoms with van der Waals surface area (Å²) < 4.78 is 0.863. The number of rotatable bonds is 8. The Labute approximate surface area is 121 Å². The van der Waals surface area contributed by atoms with Gasteiger partial charge in [0.05, 0.1) is 27.2 Å². The lowest BCUT2D eigenvalue weighted by molar-refractivity contribution is -0.904. The van der Waals surface area contributed by atoms with E-state index in [9.17, 15) is 4.79 Å². The minimum absolute atomic E-state index is 0.338. The molecule has 0 unspecified atom stereocenters. The third kappa shape index (κ3) is 6.50. The molecule has 0 saturated heterocycles. The van der Waals surface area contributed by atoms with Crippen molar-refractivity contribution < 1.29 is 19.1 Å². The molecule has 0 radical (unpaired) electrons. The number of carbonyl (C=O) groups is 1. The van der Waals surface area contributed by atoms with Gasteiger partial charge in [-0.25, -0.2) is 4.79 Å². The molecule has 1 aromatic rings. The second-order valence-electron chi connectivity index (χ2n) is 5.63. The van der Waals surface area contributed by atoms with Crippen molar-refractivity contribution in [2.75, 3.05) is 27.2 Å². The fraction of sp³-hybridized carbons (Fsp3) is 0.438. The summed E-state index contributed by atoms with van der Waals surface area (Å²) in [4.78, 5) is 20.6. The largest absolute Gasteiger partial charge is 0.368 e. The maximum atomic E-state index is 11.1. The van der Waals surface area contributed by atoms with Crippen LogP contribution in [0.5, 0.6) is 0 Å². The van der Waals surface area contributed by atoms with E-state index in [0.29, 0.717) is 12.2 Å². The second-order valence-corrected chi connectivity index (χ2v) is 5.63. The van der Waals surface area contributed by atoms with Crippen molar-refractivity contribution >= 4 is 5.97 Å². The lowest BCUT2D eigenvalue weighted by Crippen LogP contribution is -2.40. The SMILES string of the molecule is C=C(C)C(=O)OOCCC[N+](C)(C)Cc1ccccc1. The Bertz CT molecular complexity index is 440. The first-order valence-electron chi connectivity index (χ1n) is 6.76. The molecule has 4 heteroatoms. The van der Waals surface area contributed by atoms with E-state index < -0.39 is 5.97 Å². The first-order chi connectivity index (χ1) is 9.41. The van der Waals surface area contributed by atoms with Crippen LogP contribution in [-0.2, 0) is 21.1 Å². The summed E-state index contributed by atoms with van der Waals surface area (Å²) in [6, 6.07) is 10.4. The molecule has 110 valence electrons. The van der Waals surface area contributed by atoms with Gasteiger partial charge in [-0.15, -0.1) is 0 Å². The van der Waals surface area contributed by atoms with Crippen LogP contribution >= 0.6 is 0 Å². The summed E-state index contributed by atoms with van der Waals surface area (Å²) >= 11 is 0. The molecule has 0 spiro atoms. The van der Waals surface area contributed by atoms with Crippen LogP contribution in [-0.4, -0.2) is 37.7 Å². The summed E-state index contributed by atoms with van der Waals surface area (Å²) in [6.07, 6.45) is 0.823. The lowest BCUT2D eigenvalue weighted by atomic mass is 10.2. The first-order valence-corrected chi connectivity index (χ1v) is 6.76. The van der Waals surface area contributed by atoms with Crippen LogP contribution in [0.2, 0.25) is 0 Å². The van der Waals surface area contributed by atoms with E-state index in [0.717, 1.165) is 24.0 Å². The van der Waals surface area contributed by atoms with Crippen molar-refractivity contribution in [1.82, 2.24) is 0 Å². The number of nitrogens with zero attached hydrogens (tertiary/aromatic N) is 1. The number of benzene rings is 1. The zero-order valence-corrected chi connectivity index (χ0v) is 12.6. The first kappa shape index (κ1) is 16.4. The third-order valence-corrected chi connectivity index (χ3v) is 2.93. The molecule has 0 fully saturated rings. The zero-order valence-electron chi connectivity index (χ0n) is 12.6. The van der Waals surface area contributed by atoms with E-state index in [1.54, 1.807) is 6.92 Å². The van der Waals surface area contributed by atoms with Gasteiger partial charge in [-0.2, -0.15) is 4.89 Å². The van der Waals surface area contributed by atoms with Crippen LogP contribution in [0, 0.1) is 0 Å². The van der Waals surface area contributed by atoms with Crippen molar-refractivity contribution in [3.05, 3.63) is 48.0 Å². The number of hydrogen-bond acceptors (Lipinski definition) is 3. The Morgan fingerprint density at radius 1 is 1.25 bits per heavy atom. The molecule has 0 saturated carbocycles. The maximum Gasteiger partial charge on any atom is 0.368 e. The van der Waals surface area contributed by atoms with Gasteiger partial charge in [0.25, 0.3) is 0 Å². The highest BCUT2D eigenvalue weighted by Crippen LogP contribution is 2.09. The second kappa shape index (κ2) is 7.82. The molecule has 0 aliphatic heterocycles. The Morgan fingerprint density at radius 2 is 1.90 bits per heavy atom. The van der Waals surface area contributed by atoms with Gasteiger partial charge in [0.2, 0.25) is 0 Å². The van der Waals surface area contributed by atoms with Crippen molar-refractivity contribution in [2.24, 2.45) is 0 Å². The van der Waals surface area contributed by atoms with Gasteiger partial charge < -0.3 is 4.48 Å². The van der Waals surface area contributed by atoms with E-state index in [2.05, 4.69) is 49.8 Å². The fourth-order valence-corrected chi connectivity index (χ4v) is 1.87. The zero-order chi connectivity index (χ0) is 15.0. The maximum absolute atomic E-state index is 11.1. The van der Waals surface area contributed by atoms with Crippen molar-refractivity contribution in [1.29, 1.82) is 0 Å². The molecule has 4 nitrogen and oxygen atoms in total. The van der Waals surface area contributed by atoms with Crippen molar-refractivity contribution in [3.8, 4) is 0 Å². The fourth-order valence-electron chi connectivity index (χ4n) is 1.87. The topological polar surface area (TPSA) is 35.5 Å². The van der Waals surface area contributed by atoms with Crippen LogP contribution in [0.25, 0.3) is 0 Å². The predicted molar refractivity (Wildman–Crippen MR) is 78.6 cm³/mol. The minimum Gasteiger partial charge on any atom is -0.325 e. The van der Waals surface area contributed by atoms with Crippen LogP contribution in [0.15, 0.2) is 42.5 Å². The van der Waals surface area contributed by atoms with Crippen LogP contribution in [0.1, 0.15) is 18.9 Å². The summed E-state index contributed by atoms with van der Waals surface area (Å²) in [5.74, 6) is -0.511. The van der Waals surface area contributed by atoms with Gasteiger partial charge in [0.1, 0.15) is 6.54 Å². The van der Waals surface area contributed by atoms with Crippen molar-refractivity contribution in [2.45, 2.75) is 19.9 Å². The summed E-state index contributed by atoms with van der Waals surface area (Å²) in [5, 5.41) is 0. The van der Waals surface area contributed by atoms with Gasteiger partial charge in [0, 0.05) is 17.6 Å². The molecule has 0 N–H and O–H groups in total. The number of carbonyl (C=O) groups excluding carboxylic acids is 1. The quantitative estimate of drug-likeness (QED) is 0.241. The van der Waals surface area contributed by atoms with E-state index in [4.69, 9.17) is 4.89 Å². The highest BCUT2D eigenvalue weighted by atomic mass is 17.2. The lowest BCUT2D eigenvalue weighted by Gasteiger charge is -2.29. The molecule has 1 aromatic carbocycles. The van der Waals surface area contributed by atoms with E-state index in [1.807, 2.05) is 6.07 Å². The average molecular weight is 278 g/mol. The van der Waals surface area contributed by atoms with E-state index in [-0.39, 0.29) is 0 Å². The monoisotopic (exact) mass is 278 g/mol. The van der Waals surface area contributed by atoms with Gasteiger partial charge in [-0.1, -0.05) is 36.9 Å². The van der Waals surface area contributed by atoms with E-state index >= 15 is 0 Å². The summed E-state index contributed by atoms with van der Waals surface area (Å²) in [5.41, 5.74) is 1.65. The Kier molecular flexibility index (Phi) is 6.42. The molecule has 0 aliphatic rings. The van der Waals surface area contributed by atoms with Crippen molar-refractivity contribution in [3.63, 3.8) is 0 Å². The molecule has 0 bridgehead atoms. The van der Waals surface area contributed by atoms with Gasteiger partial charge in [-0.05, 0) is 6.92 Å². The summed E-state index contributed by atoms with van der Waals surface area (Å²) in [7, 11) is 4.35. The molecule has 0 amide bonds. The highest BCUT2D eigenvalue weighted by molar-refractivity contribution is 5.86. The molecule has 0 atom stereocenters. The molecular formula is C16H24NO3+. The Hall–Kier alpha value is -1.65. The third-order valence-electron chi connectivity index (χ3n) is 2.93. The Morgan fingerprint density at radius 3 is 2.50 bits per heavy atom. The molecular weight excluding hydrogens is 254 g/mol. The normalized spacial score (nSPS) is 11.2. The van der Waals surface area contributed by atoms with Crippen LogP contribution in [0.4, 0.5) is 0 Å². The van der Waals surface area contributed by atoms with Gasteiger partial charge in [-0.3, -0.25) is 4.89 Å². The smallest absolute Gasteiger partial charge is 0.325 e. The van der Waals surface area contributed by atoms with Crippen LogP contribution < -0.4 is 0 Å². The molecule has 20 heavy (non-hydrogen) atoms. The highest BCUT2D eigenvalue weighted by Gasteiger charge is 2.15. The summed E-state index contributed by atoms with van der Waals surface area (Å²) in [6.45, 7) is 7.38. The standard InChI is InChI=1S/C16H24NO3/c1-14(2)16(18)20-19-12-8-11-17(3,4)13-15-9-6-5-7-10-15/h5-7,9-10H,1,8,11-13H2,2-4H3/q+1. The molecule has 0 aromatic heterocycles. The average Bonchev–Trinajstić information content (AvgIpc) is 2.38.